The smallest absolute Gasteiger partial charge is 0.339 e. The molecular formula is C12H15NO3. The summed E-state index contributed by atoms with van der Waals surface area (Å²) in [6.07, 6.45) is 4.10. The number of esters is 1. The van der Waals surface area contributed by atoms with E-state index in [0.29, 0.717) is 18.8 Å². The van der Waals surface area contributed by atoms with E-state index in [1.54, 1.807) is 18.2 Å². The first-order chi connectivity index (χ1) is 7.77. The normalized spacial score (nSPS) is 9.81. The molecule has 4 heteroatoms. The largest absolute Gasteiger partial charge is 0.465 e. The van der Waals surface area contributed by atoms with Crippen LogP contribution >= 0.6 is 0 Å². The Morgan fingerprint density at radius 1 is 1.56 bits per heavy atom. The van der Waals surface area contributed by atoms with E-state index in [1.807, 2.05) is 0 Å². The second-order valence-electron chi connectivity index (χ2n) is 3.16. The molecule has 0 fully saturated rings. The molecule has 0 radical (unpaired) electrons. The van der Waals surface area contributed by atoms with Crippen LogP contribution in [-0.2, 0) is 16.1 Å². The van der Waals surface area contributed by atoms with Gasteiger partial charge in [0.15, 0.2) is 0 Å². The molecule has 0 aliphatic carbocycles. The molecule has 0 amide bonds. The average Bonchev–Trinajstić information content (AvgIpc) is 2.34. The molecule has 1 aromatic rings. The van der Waals surface area contributed by atoms with Crippen molar-refractivity contribution in [1.82, 2.24) is 4.98 Å². The van der Waals surface area contributed by atoms with Gasteiger partial charge in [0.05, 0.1) is 31.6 Å². The predicted octanol–water partition coefficient (Wildman–Crippen LogP) is 1.96. The monoisotopic (exact) mass is 221 g/mol. The van der Waals surface area contributed by atoms with Gasteiger partial charge in [-0.25, -0.2) is 4.79 Å². The Balaban J connectivity index is 2.45. The fourth-order valence-corrected chi connectivity index (χ4v) is 1.09. The molecule has 0 saturated heterocycles. The molecule has 1 aromatic heterocycles. The van der Waals surface area contributed by atoms with Crippen LogP contribution < -0.4 is 0 Å². The number of rotatable bonds is 6. The van der Waals surface area contributed by atoms with E-state index in [4.69, 9.17) is 4.74 Å². The number of nitrogens with zero attached hydrogens (tertiary/aromatic N) is 1. The highest BCUT2D eigenvalue weighted by molar-refractivity contribution is 5.88. The Kier molecular flexibility index (Phi) is 5.22. The van der Waals surface area contributed by atoms with E-state index in [0.717, 1.165) is 12.1 Å². The molecular weight excluding hydrogens is 206 g/mol. The molecule has 0 spiro atoms. The third-order valence-electron chi connectivity index (χ3n) is 1.96. The fourth-order valence-electron chi connectivity index (χ4n) is 1.09. The zero-order valence-corrected chi connectivity index (χ0v) is 9.31. The number of aromatic nitrogens is 1. The number of carbonyl (C=O) groups excluding carboxylic acids is 1. The van der Waals surface area contributed by atoms with Crippen molar-refractivity contribution in [3.63, 3.8) is 0 Å². The lowest BCUT2D eigenvalue weighted by Crippen LogP contribution is -2.03. The van der Waals surface area contributed by atoms with E-state index >= 15 is 0 Å². The molecule has 0 unspecified atom stereocenters. The van der Waals surface area contributed by atoms with Crippen molar-refractivity contribution in [3.8, 4) is 0 Å². The first-order valence-electron chi connectivity index (χ1n) is 5.00. The molecule has 1 rings (SSSR count). The SMILES string of the molecule is C=CCCOCc1ccc(C(=O)OC)cn1. The van der Waals surface area contributed by atoms with Gasteiger partial charge in [-0.2, -0.15) is 0 Å². The summed E-state index contributed by atoms with van der Waals surface area (Å²) in [5, 5.41) is 0. The Morgan fingerprint density at radius 2 is 2.38 bits per heavy atom. The van der Waals surface area contributed by atoms with Crippen molar-refractivity contribution in [2.45, 2.75) is 13.0 Å². The lowest BCUT2D eigenvalue weighted by molar-refractivity contribution is 0.0600. The minimum Gasteiger partial charge on any atom is -0.465 e. The number of hydrogen-bond donors (Lipinski definition) is 0. The van der Waals surface area contributed by atoms with E-state index in [-0.39, 0.29) is 5.97 Å². The second kappa shape index (κ2) is 6.74. The van der Waals surface area contributed by atoms with Crippen LogP contribution in [0, 0.1) is 0 Å². The van der Waals surface area contributed by atoms with Crippen LogP contribution in [0.4, 0.5) is 0 Å². The summed E-state index contributed by atoms with van der Waals surface area (Å²) in [5.74, 6) is -0.383. The van der Waals surface area contributed by atoms with Crippen LogP contribution in [0.3, 0.4) is 0 Å². The van der Waals surface area contributed by atoms with Gasteiger partial charge in [-0.3, -0.25) is 4.98 Å². The molecule has 0 atom stereocenters. The van der Waals surface area contributed by atoms with Crippen LogP contribution in [0.25, 0.3) is 0 Å². The Labute approximate surface area is 94.9 Å². The van der Waals surface area contributed by atoms with Gasteiger partial charge in [0.25, 0.3) is 0 Å². The number of hydrogen-bond acceptors (Lipinski definition) is 4. The minimum absolute atomic E-state index is 0.383. The average molecular weight is 221 g/mol. The number of pyridine rings is 1. The van der Waals surface area contributed by atoms with Gasteiger partial charge in [0.2, 0.25) is 0 Å². The molecule has 0 aromatic carbocycles. The Morgan fingerprint density at radius 3 is 2.94 bits per heavy atom. The molecule has 0 saturated carbocycles. The van der Waals surface area contributed by atoms with Gasteiger partial charge in [0.1, 0.15) is 0 Å². The summed E-state index contributed by atoms with van der Waals surface area (Å²) < 4.78 is 9.90. The highest BCUT2D eigenvalue weighted by Crippen LogP contribution is 2.03. The van der Waals surface area contributed by atoms with Gasteiger partial charge in [-0.1, -0.05) is 6.08 Å². The van der Waals surface area contributed by atoms with Crippen LogP contribution in [0.1, 0.15) is 22.5 Å². The highest BCUT2D eigenvalue weighted by atomic mass is 16.5. The summed E-state index contributed by atoms with van der Waals surface area (Å²) in [6.45, 7) is 4.67. The maximum atomic E-state index is 11.1. The summed E-state index contributed by atoms with van der Waals surface area (Å²) in [6, 6.07) is 3.42. The molecule has 0 bridgehead atoms. The lowest BCUT2D eigenvalue weighted by atomic mass is 10.2. The zero-order valence-electron chi connectivity index (χ0n) is 9.31. The maximum absolute atomic E-state index is 11.1. The van der Waals surface area contributed by atoms with Crippen LogP contribution in [0.2, 0.25) is 0 Å². The van der Waals surface area contributed by atoms with E-state index in [1.165, 1.54) is 13.3 Å². The molecule has 1 heterocycles. The fraction of sp³-hybridized carbons (Fsp3) is 0.333. The van der Waals surface area contributed by atoms with Crippen molar-refractivity contribution in [2.24, 2.45) is 0 Å². The van der Waals surface area contributed by atoms with Gasteiger partial charge in [-0.05, 0) is 18.6 Å². The van der Waals surface area contributed by atoms with Gasteiger partial charge >= 0.3 is 5.97 Å². The summed E-state index contributed by atoms with van der Waals surface area (Å²) in [4.78, 5) is 15.2. The van der Waals surface area contributed by atoms with E-state index < -0.39 is 0 Å². The van der Waals surface area contributed by atoms with E-state index in [9.17, 15) is 4.79 Å². The van der Waals surface area contributed by atoms with Gasteiger partial charge in [0, 0.05) is 6.20 Å². The first-order valence-corrected chi connectivity index (χ1v) is 5.00. The van der Waals surface area contributed by atoms with Crippen LogP contribution in [0.15, 0.2) is 31.0 Å². The molecule has 86 valence electrons. The molecule has 16 heavy (non-hydrogen) atoms. The van der Waals surface area contributed by atoms with Gasteiger partial charge in [-0.15, -0.1) is 6.58 Å². The summed E-state index contributed by atoms with van der Waals surface area (Å²) in [7, 11) is 1.34. The van der Waals surface area contributed by atoms with Crippen molar-refractivity contribution in [3.05, 3.63) is 42.2 Å². The van der Waals surface area contributed by atoms with Crippen LogP contribution in [-0.4, -0.2) is 24.7 Å². The maximum Gasteiger partial charge on any atom is 0.339 e. The van der Waals surface area contributed by atoms with Gasteiger partial charge < -0.3 is 9.47 Å². The summed E-state index contributed by atoms with van der Waals surface area (Å²) in [5.41, 5.74) is 1.23. The second-order valence-corrected chi connectivity index (χ2v) is 3.16. The molecule has 0 aliphatic rings. The molecule has 0 aliphatic heterocycles. The minimum atomic E-state index is -0.383. The highest BCUT2D eigenvalue weighted by Gasteiger charge is 2.04. The van der Waals surface area contributed by atoms with Crippen LogP contribution in [0.5, 0.6) is 0 Å². The van der Waals surface area contributed by atoms with E-state index in [2.05, 4.69) is 16.3 Å². The molecule has 4 nitrogen and oxygen atoms in total. The van der Waals surface area contributed by atoms with Crippen molar-refractivity contribution >= 4 is 5.97 Å². The van der Waals surface area contributed by atoms with Crippen molar-refractivity contribution < 1.29 is 14.3 Å². The lowest BCUT2D eigenvalue weighted by Gasteiger charge is -2.03. The Hall–Kier alpha value is -1.68. The quantitative estimate of drug-likeness (QED) is 0.418. The molecule has 0 N–H and O–H groups in total. The Bertz CT molecular complexity index is 346. The van der Waals surface area contributed by atoms with Crippen molar-refractivity contribution in [1.29, 1.82) is 0 Å². The predicted molar refractivity (Wildman–Crippen MR) is 60.0 cm³/mol. The summed E-state index contributed by atoms with van der Waals surface area (Å²) >= 11 is 0. The third kappa shape index (κ3) is 3.82. The number of methoxy groups -OCH3 is 1. The first kappa shape index (κ1) is 12.4. The standard InChI is InChI=1S/C12H15NO3/c1-3-4-7-16-9-11-6-5-10(8-13-11)12(14)15-2/h3,5-6,8H,1,4,7,9H2,2H3. The number of carbonyl (C=O) groups is 1. The topological polar surface area (TPSA) is 48.4 Å². The third-order valence-corrected chi connectivity index (χ3v) is 1.96. The number of ether oxygens (including phenoxy) is 2. The van der Waals surface area contributed by atoms with Crippen molar-refractivity contribution in [2.75, 3.05) is 13.7 Å². The zero-order chi connectivity index (χ0) is 11.8.